The summed E-state index contributed by atoms with van der Waals surface area (Å²) < 4.78 is 11.4. The van der Waals surface area contributed by atoms with Crippen LogP contribution in [0.1, 0.15) is 57.6 Å². The zero-order chi connectivity index (χ0) is 21.1. The van der Waals surface area contributed by atoms with Crippen molar-refractivity contribution < 1.29 is 9.47 Å². The fourth-order valence-electron chi connectivity index (χ4n) is 3.88. The van der Waals surface area contributed by atoms with E-state index < -0.39 is 0 Å². The fourth-order valence-corrected chi connectivity index (χ4v) is 3.88. The Morgan fingerprint density at radius 1 is 1.19 bits per heavy atom. The minimum Gasteiger partial charge on any atom is -0.381 e. The number of hydrogen-bond acceptors (Lipinski definition) is 4. The zero-order valence-electron chi connectivity index (χ0n) is 19.2. The van der Waals surface area contributed by atoms with Crippen molar-refractivity contribution in [3.63, 3.8) is 0 Å². The SMILES string of the molecule is CCNC(=NCC1(NC(C)c2ccccc2)CCOCC1)NCCCOCC1CC1.I. The molecule has 1 aliphatic heterocycles. The summed E-state index contributed by atoms with van der Waals surface area (Å²) in [6.45, 7) is 10.1. The summed E-state index contributed by atoms with van der Waals surface area (Å²) in [6, 6.07) is 10.9. The van der Waals surface area contributed by atoms with Crippen molar-refractivity contribution >= 4 is 29.9 Å². The second-order valence-corrected chi connectivity index (χ2v) is 8.66. The Morgan fingerprint density at radius 2 is 1.94 bits per heavy atom. The predicted octanol–water partition coefficient (Wildman–Crippen LogP) is 3.88. The molecule has 6 nitrogen and oxygen atoms in total. The molecule has 3 N–H and O–H groups in total. The molecule has 1 saturated heterocycles. The highest BCUT2D eigenvalue weighted by Gasteiger charge is 2.34. The molecule has 0 aromatic heterocycles. The quantitative estimate of drug-likeness (QED) is 0.161. The molecule has 7 heteroatoms. The number of nitrogens with one attached hydrogen (secondary N) is 3. The molecule has 1 atom stereocenters. The van der Waals surface area contributed by atoms with Gasteiger partial charge in [-0.25, -0.2) is 0 Å². The van der Waals surface area contributed by atoms with Gasteiger partial charge in [0.25, 0.3) is 0 Å². The van der Waals surface area contributed by atoms with Crippen LogP contribution in [0, 0.1) is 5.92 Å². The highest BCUT2D eigenvalue weighted by Crippen LogP contribution is 2.28. The summed E-state index contributed by atoms with van der Waals surface area (Å²) >= 11 is 0. The topological polar surface area (TPSA) is 66.9 Å². The van der Waals surface area contributed by atoms with Crippen LogP contribution < -0.4 is 16.0 Å². The van der Waals surface area contributed by atoms with Crippen LogP contribution in [0.5, 0.6) is 0 Å². The normalized spacial score (nSPS) is 19.4. The van der Waals surface area contributed by atoms with Gasteiger partial charge in [-0.3, -0.25) is 4.99 Å². The van der Waals surface area contributed by atoms with Crippen molar-refractivity contribution in [1.82, 2.24) is 16.0 Å². The standard InChI is InChI=1S/C24H40N4O2.HI/c1-3-25-23(26-14-7-15-30-18-21-10-11-21)27-19-24(12-16-29-17-13-24)28-20(2)22-8-5-4-6-9-22;/h4-6,8-9,20-21,28H,3,7,10-19H2,1-2H3,(H2,25,26,27);1H. The van der Waals surface area contributed by atoms with E-state index in [4.69, 9.17) is 14.5 Å². The van der Waals surface area contributed by atoms with Gasteiger partial charge in [0.2, 0.25) is 0 Å². The number of guanidine groups is 1. The van der Waals surface area contributed by atoms with Crippen LogP contribution in [0.4, 0.5) is 0 Å². The predicted molar refractivity (Wildman–Crippen MR) is 138 cm³/mol. The molecular weight excluding hydrogens is 503 g/mol. The summed E-state index contributed by atoms with van der Waals surface area (Å²) in [5.41, 5.74) is 1.27. The second-order valence-electron chi connectivity index (χ2n) is 8.66. The Labute approximate surface area is 205 Å². The molecule has 2 fully saturated rings. The van der Waals surface area contributed by atoms with Gasteiger partial charge in [-0.05, 0) is 57.4 Å². The van der Waals surface area contributed by atoms with Crippen LogP contribution in [0.2, 0.25) is 0 Å². The van der Waals surface area contributed by atoms with Crippen molar-refractivity contribution in [3.05, 3.63) is 35.9 Å². The molecule has 1 saturated carbocycles. The van der Waals surface area contributed by atoms with Crippen molar-refractivity contribution in [1.29, 1.82) is 0 Å². The van der Waals surface area contributed by atoms with Gasteiger partial charge >= 0.3 is 0 Å². The lowest BCUT2D eigenvalue weighted by atomic mass is 9.88. The van der Waals surface area contributed by atoms with Crippen LogP contribution in [-0.2, 0) is 9.47 Å². The van der Waals surface area contributed by atoms with Gasteiger partial charge in [0.05, 0.1) is 6.54 Å². The monoisotopic (exact) mass is 544 g/mol. The molecule has 0 amide bonds. The first-order valence-corrected chi connectivity index (χ1v) is 11.7. The minimum absolute atomic E-state index is 0. The van der Waals surface area contributed by atoms with Crippen LogP contribution in [0.3, 0.4) is 0 Å². The zero-order valence-corrected chi connectivity index (χ0v) is 21.5. The van der Waals surface area contributed by atoms with E-state index in [1.807, 2.05) is 0 Å². The van der Waals surface area contributed by atoms with Gasteiger partial charge in [-0.2, -0.15) is 0 Å². The van der Waals surface area contributed by atoms with E-state index in [9.17, 15) is 0 Å². The summed E-state index contributed by atoms with van der Waals surface area (Å²) in [5.74, 6) is 1.72. The van der Waals surface area contributed by atoms with E-state index in [0.717, 1.165) is 77.2 Å². The van der Waals surface area contributed by atoms with Crippen molar-refractivity contribution in [3.8, 4) is 0 Å². The Kier molecular flexibility index (Phi) is 12.1. The van der Waals surface area contributed by atoms with Crippen LogP contribution in [0.15, 0.2) is 35.3 Å². The molecule has 1 heterocycles. The molecule has 176 valence electrons. The van der Waals surface area contributed by atoms with Crippen molar-refractivity contribution in [2.24, 2.45) is 10.9 Å². The van der Waals surface area contributed by atoms with Crippen molar-refractivity contribution in [2.75, 3.05) is 46.1 Å². The molecule has 0 spiro atoms. The van der Waals surface area contributed by atoms with Crippen LogP contribution >= 0.6 is 24.0 Å². The minimum atomic E-state index is -0.0385. The van der Waals surface area contributed by atoms with Gasteiger partial charge in [-0.15, -0.1) is 24.0 Å². The number of halogens is 1. The third-order valence-corrected chi connectivity index (χ3v) is 5.96. The first kappa shape index (κ1) is 26.4. The lowest BCUT2D eigenvalue weighted by molar-refractivity contribution is 0.0374. The Balaban J connectivity index is 0.00000341. The van der Waals surface area contributed by atoms with E-state index in [1.54, 1.807) is 0 Å². The second kappa shape index (κ2) is 14.3. The molecule has 0 radical (unpaired) electrons. The van der Waals surface area contributed by atoms with Gasteiger partial charge in [0.1, 0.15) is 0 Å². The average Bonchev–Trinajstić information content (AvgIpc) is 3.60. The van der Waals surface area contributed by atoms with Crippen molar-refractivity contribution in [2.45, 2.75) is 57.5 Å². The fraction of sp³-hybridized carbons (Fsp3) is 0.708. The number of aliphatic imine (C=N–C) groups is 1. The first-order valence-electron chi connectivity index (χ1n) is 11.7. The van der Waals surface area contributed by atoms with Gasteiger partial charge < -0.3 is 25.4 Å². The molecule has 31 heavy (non-hydrogen) atoms. The van der Waals surface area contributed by atoms with Crippen LogP contribution in [-0.4, -0.2) is 57.6 Å². The molecule has 1 aromatic rings. The smallest absolute Gasteiger partial charge is 0.191 e. The average molecular weight is 545 g/mol. The van der Waals surface area contributed by atoms with Gasteiger partial charge in [0, 0.05) is 51.1 Å². The Bertz CT molecular complexity index is 634. The first-order chi connectivity index (χ1) is 14.7. The van der Waals surface area contributed by atoms with Crippen LogP contribution in [0.25, 0.3) is 0 Å². The highest BCUT2D eigenvalue weighted by molar-refractivity contribution is 14.0. The number of nitrogens with zero attached hydrogens (tertiary/aromatic N) is 1. The Morgan fingerprint density at radius 3 is 2.61 bits per heavy atom. The van der Waals surface area contributed by atoms with E-state index in [1.165, 1.54) is 18.4 Å². The van der Waals surface area contributed by atoms with Gasteiger partial charge in [0.15, 0.2) is 5.96 Å². The molecule has 1 unspecified atom stereocenters. The number of rotatable bonds is 12. The van der Waals surface area contributed by atoms with E-state index in [2.05, 4.69) is 60.1 Å². The van der Waals surface area contributed by atoms with E-state index in [-0.39, 0.29) is 35.6 Å². The lowest BCUT2D eigenvalue weighted by Gasteiger charge is -2.39. The maximum absolute atomic E-state index is 5.73. The summed E-state index contributed by atoms with van der Waals surface area (Å²) in [6.07, 6.45) is 5.64. The maximum atomic E-state index is 5.73. The molecule has 1 aliphatic carbocycles. The molecule has 1 aromatic carbocycles. The molecule has 2 aliphatic rings. The summed E-state index contributed by atoms with van der Waals surface area (Å²) in [4.78, 5) is 4.95. The third-order valence-electron chi connectivity index (χ3n) is 5.96. The van der Waals surface area contributed by atoms with E-state index in [0.29, 0.717) is 0 Å². The number of ether oxygens (including phenoxy) is 2. The summed E-state index contributed by atoms with van der Waals surface area (Å²) in [5, 5.41) is 10.7. The lowest BCUT2D eigenvalue weighted by Crippen LogP contribution is -2.53. The number of benzene rings is 1. The molecule has 0 bridgehead atoms. The maximum Gasteiger partial charge on any atom is 0.191 e. The molecular formula is C24H41IN4O2. The number of hydrogen-bond donors (Lipinski definition) is 3. The third kappa shape index (κ3) is 9.63. The Hall–Kier alpha value is -0.900. The largest absolute Gasteiger partial charge is 0.381 e. The highest BCUT2D eigenvalue weighted by atomic mass is 127. The molecule has 3 rings (SSSR count). The van der Waals surface area contributed by atoms with Gasteiger partial charge in [-0.1, -0.05) is 30.3 Å². The summed E-state index contributed by atoms with van der Waals surface area (Å²) in [7, 11) is 0. The van der Waals surface area contributed by atoms with E-state index >= 15 is 0 Å².